The second-order valence-electron chi connectivity index (χ2n) is 4.84. The van der Waals surface area contributed by atoms with Crippen molar-refractivity contribution in [2.45, 2.75) is 6.54 Å². The Labute approximate surface area is 122 Å². The molecule has 0 spiro atoms. The molecule has 108 valence electrons. The first-order valence-corrected chi connectivity index (χ1v) is 6.78. The molecule has 1 aliphatic heterocycles. The van der Waals surface area contributed by atoms with Gasteiger partial charge in [0.05, 0.1) is 6.54 Å². The predicted octanol–water partition coefficient (Wildman–Crippen LogP) is 2.96. The van der Waals surface area contributed by atoms with Crippen LogP contribution in [0.4, 0.5) is 16.2 Å². The number of aromatic hydroxyl groups is 1. The molecule has 2 aromatic rings. The van der Waals surface area contributed by atoms with Gasteiger partial charge in [-0.2, -0.15) is 0 Å². The molecule has 0 bridgehead atoms. The number of carbonyl (C=O) groups is 1. The fourth-order valence-corrected chi connectivity index (χ4v) is 2.23. The molecular formula is C16H16N2O3. The highest BCUT2D eigenvalue weighted by molar-refractivity contribution is 5.89. The van der Waals surface area contributed by atoms with E-state index in [4.69, 9.17) is 4.74 Å². The monoisotopic (exact) mass is 284 g/mol. The Morgan fingerprint density at radius 3 is 2.71 bits per heavy atom. The molecule has 2 aromatic carbocycles. The first-order valence-electron chi connectivity index (χ1n) is 6.78. The van der Waals surface area contributed by atoms with Crippen molar-refractivity contribution in [3.05, 3.63) is 54.1 Å². The van der Waals surface area contributed by atoms with Crippen molar-refractivity contribution < 1.29 is 14.6 Å². The van der Waals surface area contributed by atoms with Crippen LogP contribution in [0.3, 0.4) is 0 Å². The summed E-state index contributed by atoms with van der Waals surface area (Å²) < 4.78 is 4.94. The van der Waals surface area contributed by atoms with Gasteiger partial charge in [0.1, 0.15) is 12.4 Å². The molecule has 21 heavy (non-hydrogen) atoms. The van der Waals surface area contributed by atoms with Gasteiger partial charge in [0, 0.05) is 17.9 Å². The predicted molar refractivity (Wildman–Crippen MR) is 80.6 cm³/mol. The fourth-order valence-electron chi connectivity index (χ4n) is 2.23. The van der Waals surface area contributed by atoms with Gasteiger partial charge < -0.3 is 15.2 Å². The zero-order chi connectivity index (χ0) is 14.7. The second kappa shape index (κ2) is 5.75. The molecule has 5 nitrogen and oxygen atoms in total. The quantitative estimate of drug-likeness (QED) is 0.906. The number of ether oxygens (including phenoxy) is 1. The lowest BCUT2D eigenvalue weighted by molar-refractivity contribution is 0.181. The van der Waals surface area contributed by atoms with Crippen LogP contribution >= 0.6 is 0 Å². The molecule has 1 fully saturated rings. The summed E-state index contributed by atoms with van der Waals surface area (Å²) in [6, 6.07) is 14.7. The SMILES string of the molecule is O=C1OCCN1c1cccc(NCc2ccc(O)cc2)c1. The average Bonchev–Trinajstić information content (AvgIpc) is 2.93. The van der Waals surface area contributed by atoms with Gasteiger partial charge in [-0.25, -0.2) is 4.79 Å². The summed E-state index contributed by atoms with van der Waals surface area (Å²) in [5.41, 5.74) is 2.83. The normalized spacial score (nSPS) is 14.1. The van der Waals surface area contributed by atoms with E-state index in [0.29, 0.717) is 19.7 Å². The topological polar surface area (TPSA) is 61.8 Å². The van der Waals surface area contributed by atoms with Crippen LogP contribution in [0, 0.1) is 0 Å². The zero-order valence-corrected chi connectivity index (χ0v) is 11.5. The summed E-state index contributed by atoms with van der Waals surface area (Å²) in [5, 5.41) is 12.6. The van der Waals surface area contributed by atoms with E-state index in [1.165, 1.54) is 0 Å². The van der Waals surface area contributed by atoms with E-state index in [9.17, 15) is 9.90 Å². The molecule has 1 saturated heterocycles. The molecule has 2 N–H and O–H groups in total. The van der Waals surface area contributed by atoms with Crippen molar-refractivity contribution in [2.75, 3.05) is 23.4 Å². The number of phenols is 1. The van der Waals surface area contributed by atoms with E-state index in [1.54, 1.807) is 17.0 Å². The fraction of sp³-hybridized carbons (Fsp3) is 0.188. The molecular weight excluding hydrogens is 268 g/mol. The van der Waals surface area contributed by atoms with E-state index in [-0.39, 0.29) is 11.8 Å². The molecule has 3 rings (SSSR count). The largest absolute Gasteiger partial charge is 0.508 e. The van der Waals surface area contributed by atoms with Gasteiger partial charge >= 0.3 is 6.09 Å². The minimum Gasteiger partial charge on any atom is -0.508 e. The number of carbonyl (C=O) groups excluding carboxylic acids is 1. The first-order chi connectivity index (χ1) is 10.2. The van der Waals surface area contributed by atoms with E-state index in [0.717, 1.165) is 16.9 Å². The number of hydrogen-bond donors (Lipinski definition) is 2. The highest BCUT2D eigenvalue weighted by Gasteiger charge is 2.23. The van der Waals surface area contributed by atoms with Crippen molar-refractivity contribution in [3.8, 4) is 5.75 Å². The lowest BCUT2D eigenvalue weighted by Gasteiger charge is -2.14. The maximum Gasteiger partial charge on any atom is 0.414 e. The number of phenolic OH excluding ortho intramolecular Hbond substituents is 1. The molecule has 0 atom stereocenters. The first kappa shape index (κ1) is 13.3. The lowest BCUT2D eigenvalue weighted by Crippen LogP contribution is -2.23. The number of nitrogens with one attached hydrogen (secondary N) is 1. The van der Waals surface area contributed by atoms with Crippen molar-refractivity contribution in [3.63, 3.8) is 0 Å². The average molecular weight is 284 g/mol. The van der Waals surface area contributed by atoms with Gasteiger partial charge in [-0.15, -0.1) is 0 Å². The Morgan fingerprint density at radius 2 is 2.00 bits per heavy atom. The van der Waals surface area contributed by atoms with Crippen LogP contribution in [0.15, 0.2) is 48.5 Å². The van der Waals surface area contributed by atoms with Crippen molar-refractivity contribution >= 4 is 17.5 Å². The second-order valence-corrected chi connectivity index (χ2v) is 4.84. The van der Waals surface area contributed by atoms with Crippen LogP contribution in [0.25, 0.3) is 0 Å². The molecule has 1 amide bonds. The third kappa shape index (κ3) is 3.08. The summed E-state index contributed by atoms with van der Waals surface area (Å²) in [5.74, 6) is 0.258. The summed E-state index contributed by atoms with van der Waals surface area (Å²) in [6.07, 6.45) is -0.300. The molecule has 5 heteroatoms. The number of benzene rings is 2. The van der Waals surface area contributed by atoms with Crippen molar-refractivity contribution in [2.24, 2.45) is 0 Å². The Kier molecular flexibility index (Phi) is 3.64. The Hall–Kier alpha value is -2.69. The minimum atomic E-state index is -0.300. The number of anilines is 2. The number of rotatable bonds is 4. The highest BCUT2D eigenvalue weighted by Crippen LogP contribution is 2.23. The smallest absolute Gasteiger partial charge is 0.414 e. The molecule has 0 radical (unpaired) electrons. The van der Waals surface area contributed by atoms with E-state index in [1.807, 2.05) is 36.4 Å². The van der Waals surface area contributed by atoms with Gasteiger partial charge in [0.25, 0.3) is 0 Å². The summed E-state index contributed by atoms with van der Waals surface area (Å²) in [6.45, 7) is 1.67. The molecule has 0 unspecified atom stereocenters. The van der Waals surface area contributed by atoms with Crippen LogP contribution in [-0.2, 0) is 11.3 Å². The van der Waals surface area contributed by atoms with Gasteiger partial charge in [0.15, 0.2) is 0 Å². The van der Waals surface area contributed by atoms with E-state index in [2.05, 4.69) is 5.32 Å². The zero-order valence-electron chi connectivity index (χ0n) is 11.5. The maximum atomic E-state index is 11.6. The van der Waals surface area contributed by atoms with Gasteiger partial charge in [0.2, 0.25) is 0 Å². The van der Waals surface area contributed by atoms with E-state index < -0.39 is 0 Å². The Balaban J connectivity index is 1.68. The molecule has 1 aliphatic rings. The third-order valence-corrected chi connectivity index (χ3v) is 3.35. The number of cyclic esters (lactones) is 1. The summed E-state index contributed by atoms with van der Waals surface area (Å²) in [7, 11) is 0. The van der Waals surface area contributed by atoms with Crippen LogP contribution in [0.2, 0.25) is 0 Å². The molecule has 0 aliphatic carbocycles. The third-order valence-electron chi connectivity index (χ3n) is 3.35. The Morgan fingerprint density at radius 1 is 1.19 bits per heavy atom. The summed E-state index contributed by atoms with van der Waals surface area (Å²) >= 11 is 0. The minimum absolute atomic E-state index is 0.258. The highest BCUT2D eigenvalue weighted by atomic mass is 16.6. The summed E-state index contributed by atoms with van der Waals surface area (Å²) in [4.78, 5) is 13.2. The van der Waals surface area contributed by atoms with Gasteiger partial charge in [-0.1, -0.05) is 18.2 Å². The van der Waals surface area contributed by atoms with Crippen LogP contribution in [0.1, 0.15) is 5.56 Å². The molecule has 1 heterocycles. The van der Waals surface area contributed by atoms with Crippen LogP contribution in [0.5, 0.6) is 5.75 Å². The van der Waals surface area contributed by atoms with Crippen LogP contribution in [-0.4, -0.2) is 24.4 Å². The maximum absolute atomic E-state index is 11.6. The number of hydrogen-bond acceptors (Lipinski definition) is 4. The Bertz CT molecular complexity index is 640. The van der Waals surface area contributed by atoms with Gasteiger partial charge in [-0.05, 0) is 35.9 Å². The van der Waals surface area contributed by atoms with Gasteiger partial charge in [-0.3, -0.25) is 4.90 Å². The van der Waals surface area contributed by atoms with Crippen molar-refractivity contribution in [1.82, 2.24) is 0 Å². The molecule has 0 aromatic heterocycles. The number of nitrogens with zero attached hydrogens (tertiary/aromatic N) is 1. The van der Waals surface area contributed by atoms with Crippen LogP contribution < -0.4 is 10.2 Å². The lowest BCUT2D eigenvalue weighted by atomic mass is 10.2. The standard InChI is InChI=1S/C16H16N2O3/c19-15-6-4-12(5-7-15)11-17-13-2-1-3-14(10-13)18-8-9-21-16(18)20/h1-7,10,17,19H,8-9,11H2. The van der Waals surface area contributed by atoms with Crippen molar-refractivity contribution in [1.29, 1.82) is 0 Å². The van der Waals surface area contributed by atoms with E-state index >= 15 is 0 Å². The molecule has 0 saturated carbocycles. The number of amides is 1.